The number of hydrazone groups is 1. The van der Waals surface area contributed by atoms with Crippen molar-refractivity contribution in [3.8, 4) is 5.75 Å². The van der Waals surface area contributed by atoms with Gasteiger partial charge in [-0.1, -0.05) is 39.3 Å². The third kappa shape index (κ3) is 6.51. The van der Waals surface area contributed by atoms with Crippen molar-refractivity contribution < 1.29 is 14.3 Å². The van der Waals surface area contributed by atoms with E-state index in [-0.39, 0.29) is 25.0 Å². The average Bonchev–Trinajstić information content (AvgIpc) is 3.56. The highest BCUT2D eigenvalue weighted by molar-refractivity contribution is 9.10. The van der Waals surface area contributed by atoms with Gasteiger partial charge in [-0.15, -0.1) is 5.10 Å². The van der Waals surface area contributed by atoms with Gasteiger partial charge in [0, 0.05) is 21.1 Å². The second kappa shape index (κ2) is 11.5. The lowest BCUT2D eigenvalue weighted by molar-refractivity contribution is -0.116. The number of hydrogen-bond acceptors (Lipinski definition) is 6. The van der Waals surface area contributed by atoms with Gasteiger partial charge < -0.3 is 15.0 Å². The predicted octanol–water partition coefficient (Wildman–Crippen LogP) is 4.50. The second-order valence-electron chi connectivity index (χ2n) is 8.29. The molecule has 3 aromatic carbocycles. The summed E-state index contributed by atoms with van der Waals surface area (Å²) in [5.74, 6) is 0.0995. The fourth-order valence-electron chi connectivity index (χ4n) is 3.59. The van der Waals surface area contributed by atoms with Gasteiger partial charge in [0.2, 0.25) is 5.91 Å². The number of hydrogen-bond donors (Lipinski definition) is 3. The van der Waals surface area contributed by atoms with Crippen LogP contribution in [0, 0.1) is 0 Å². The molecule has 3 N–H and O–H groups in total. The number of ether oxygens (including phenoxy) is 1. The Labute approximate surface area is 225 Å². The molecule has 0 saturated carbocycles. The molecule has 0 aliphatic rings. The third-order valence-corrected chi connectivity index (χ3v) is 5.97. The van der Waals surface area contributed by atoms with Gasteiger partial charge in [-0.2, -0.15) is 5.10 Å². The van der Waals surface area contributed by atoms with E-state index in [1.807, 2.05) is 48.5 Å². The van der Waals surface area contributed by atoms with Gasteiger partial charge in [0.1, 0.15) is 30.3 Å². The van der Waals surface area contributed by atoms with Gasteiger partial charge in [-0.3, -0.25) is 9.59 Å². The van der Waals surface area contributed by atoms with Crippen LogP contribution in [0.3, 0.4) is 0 Å². The first-order valence-corrected chi connectivity index (χ1v) is 12.4. The topological polar surface area (TPSA) is 126 Å². The van der Waals surface area contributed by atoms with Gasteiger partial charge in [-0.05, 0) is 66.2 Å². The molecule has 0 aliphatic heterocycles. The summed E-state index contributed by atoms with van der Waals surface area (Å²) in [5.41, 5.74) is 5.93. The molecule has 0 aliphatic carbocycles. The Morgan fingerprint density at radius 1 is 1.05 bits per heavy atom. The van der Waals surface area contributed by atoms with Gasteiger partial charge >= 0.3 is 0 Å². The van der Waals surface area contributed by atoms with Crippen LogP contribution >= 0.6 is 15.9 Å². The van der Waals surface area contributed by atoms with Crippen molar-refractivity contribution in [2.24, 2.45) is 5.10 Å². The normalized spacial score (nSPS) is 11.1. The summed E-state index contributed by atoms with van der Waals surface area (Å²) >= 11 is 3.36. The van der Waals surface area contributed by atoms with Crippen LogP contribution in [0.2, 0.25) is 0 Å². The lowest BCUT2D eigenvalue weighted by Crippen LogP contribution is -2.19. The van der Waals surface area contributed by atoms with Crippen LogP contribution in [0.1, 0.15) is 21.7 Å². The number of benzene rings is 3. The maximum Gasteiger partial charge on any atom is 0.287 e. The van der Waals surface area contributed by atoms with E-state index in [2.05, 4.69) is 47.1 Å². The Morgan fingerprint density at radius 2 is 1.84 bits per heavy atom. The standard InChI is InChI=1S/C27H22BrN7O3/c28-20-7-9-21(10-8-20)30-26(36)16-35-15-22(32-34-35)17-38-23-11-5-18(6-12-23)14-29-33-27(37)25-13-19-3-1-2-4-24(19)31-25/h1-15,31H,16-17H2,(H,30,36)(H,33,37)/b29-14+. The van der Waals surface area contributed by atoms with Crippen LogP contribution in [-0.4, -0.2) is 38.0 Å². The Bertz CT molecular complexity index is 1560. The molecule has 2 heterocycles. The molecule has 190 valence electrons. The fraction of sp³-hybridized carbons (Fsp3) is 0.0741. The Balaban J connectivity index is 1.07. The lowest BCUT2D eigenvalue weighted by Gasteiger charge is -2.05. The first-order chi connectivity index (χ1) is 18.5. The molecule has 38 heavy (non-hydrogen) atoms. The molecular formula is C27H22BrN7O3. The largest absolute Gasteiger partial charge is 0.487 e. The number of fused-ring (bicyclic) bond motifs is 1. The molecule has 0 atom stereocenters. The van der Waals surface area contributed by atoms with Crippen molar-refractivity contribution in [2.75, 3.05) is 5.32 Å². The highest BCUT2D eigenvalue weighted by Gasteiger charge is 2.09. The summed E-state index contributed by atoms with van der Waals surface area (Å²) in [6.07, 6.45) is 3.22. The third-order valence-electron chi connectivity index (χ3n) is 5.44. The van der Waals surface area contributed by atoms with E-state index in [4.69, 9.17) is 4.74 Å². The molecule has 2 aromatic heterocycles. The zero-order valence-electron chi connectivity index (χ0n) is 20.0. The van der Waals surface area contributed by atoms with Crippen molar-refractivity contribution in [3.63, 3.8) is 0 Å². The van der Waals surface area contributed by atoms with Gasteiger partial charge in [0.25, 0.3) is 5.91 Å². The SMILES string of the molecule is O=C(Cn1cc(COc2ccc(/C=N/NC(=O)c3cc4ccccc4[nH]3)cc2)nn1)Nc1ccc(Br)cc1. The number of anilines is 1. The van der Waals surface area contributed by atoms with E-state index in [1.165, 1.54) is 4.68 Å². The molecule has 0 bridgehead atoms. The molecule has 0 fully saturated rings. The quantitative estimate of drug-likeness (QED) is 0.177. The summed E-state index contributed by atoms with van der Waals surface area (Å²) in [6.45, 7) is 0.232. The predicted molar refractivity (Wildman–Crippen MR) is 147 cm³/mol. The van der Waals surface area contributed by atoms with Gasteiger partial charge in [-0.25, -0.2) is 10.1 Å². The number of nitrogens with one attached hydrogen (secondary N) is 3. The molecule has 5 rings (SSSR count). The number of carbonyl (C=O) groups excluding carboxylic acids is 2. The Hall–Kier alpha value is -4.77. The number of amides is 2. The van der Waals surface area contributed by atoms with Crippen molar-refractivity contribution in [2.45, 2.75) is 13.2 Å². The molecular weight excluding hydrogens is 550 g/mol. The van der Waals surface area contributed by atoms with E-state index in [0.717, 1.165) is 20.9 Å². The molecule has 0 unspecified atom stereocenters. The maximum atomic E-state index is 12.3. The number of carbonyl (C=O) groups is 2. The molecule has 0 radical (unpaired) electrons. The van der Waals surface area contributed by atoms with Crippen LogP contribution in [0.15, 0.2) is 94.6 Å². The molecule has 11 heteroatoms. The van der Waals surface area contributed by atoms with Crippen molar-refractivity contribution in [1.29, 1.82) is 0 Å². The number of aromatic nitrogens is 4. The number of halogens is 1. The fourth-order valence-corrected chi connectivity index (χ4v) is 3.86. The van der Waals surface area contributed by atoms with Crippen molar-refractivity contribution >= 4 is 50.5 Å². The van der Waals surface area contributed by atoms with Crippen LogP contribution in [0.25, 0.3) is 10.9 Å². The number of rotatable bonds is 9. The first-order valence-electron chi connectivity index (χ1n) is 11.6. The number of nitrogens with zero attached hydrogens (tertiary/aromatic N) is 4. The van der Waals surface area contributed by atoms with Crippen LogP contribution < -0.4 is 15.5 Å². The van der Waals surface area contributed by atoms with Crippen LogP contribution in [-0.2, 0) is 17.9 Å². The number of para-hydroxylation sites is 1. The summed E-state index contributed by atoms with van der Waals surface area (Å²) in [4.78, 5) is 27.6. The highest BCUT2D eigenvalue weighted by Crippen LogP contribution is 2.16. The van der Waals surface area contributed by atoms with E-state index in [9.17, 15) is 9.59 Å². The smallest absolute Gasteiger partial charge is 0.287 e. The molecule has 5 aromatic rings. The van der Waals surface area contributed by atoms with Gasteiger partial charge in [0.05, 0.1) is 12.4 Å². The Kier molecular flexibility index (Phi) is 7.55. The molecule has 2 amide bonds. The summed E-state index contributed by atoms with van der Waals surface area (Å²) < 4.78 is 8.15. The highest BCUT2D eigenvalue weighted by atomic mass is 79.9. The zero-order chi connectivity index (χ0) is 26.3. The van der Waals surface area contributed by atoms with Crippen LogP contribution in [0.5, 0.6) is 5.75 Å². The number of aromatic amines is 1. The maximum absolute atomic E-state index is 12.3. The number of H-pyrrole nitrogens is 1. The lowest BCUT2D eigenvalue weighted by atomic mass is 10.2. The first kappa shape index (κ1) is 24.9. The molecule has 0 saturated heterocycles. The van der Waals surface area contributed by atoms with Gasteiger partial charge in [0.15, 0.2) is 0 Å². The van der Waals surface area contributed by atoms with E-state index >= 15 is 0 Å². The van der Waals surface area contributed by atoms with Crippen LogP contribution in [0.4, 0.5) is 5.69 Å². The summed E-state index contributed by atoms with van der Waals surface area (Å²) in [7, 11) is 0. The van der Waals surface area contributed by atoms with E-state index < -0.39 is 0 Å². The van der Waals surface area contributed by atoms with E-state index in [1.54, 1.807) is 42.7 Å². The van der Waals surface area contributed by atoms with Crippen molar-refractivity contribution in [3.05, 3.63) is 106 Å². The molecule has 0 spiro atoms. The zero-order valence-corrected chi connectivity index (χ0v) is 21.6. The average molecular weight is 572 g/mol. The monoisotopic (exact) mass is 571 g/mol. The minimum Gasteiger partial charge on any atom is -0.487 e. The van der Waals surface area contributed by atoms with Crippen molar-refractivity contribution in [1.82, 2.24) is 25.4 Å². The van der Waals surface area contributed by atoms with E-state index in [0.29, 0.717) is 22.8 Å². The molecule has 10 nitrogen and oxygen atoms in total. The minimum atomic E-state index is -0.323. The second-order valence-corrected chi connectivity index (χ2v) is 9.21. The minimum absolute atomic E-state index is 0.0356. The summed E-state index contributed by atoms with van der Waals surface area (Å²) in [5, 5.41) is 15.8. The Morgan fingerprint density at radius 3 is 2.63 bits per heavy atom. The summed E-state index contributed by atoms with van der Waals surface area (Å²) in [6, 6.07) is 24.0.